The Morgan fingerprint density at radius 2 is 1.86 bits per heavy atom. The zero-order valence-corrected chi connectivity index (χ0v) is 14.2. The number of likely N-dealkylation sites (tertiary alicyclic amines) is 1. The van der Waals surface area contributed by atoms with Gasteiger partial charge in [-0.3, -0.25) is 4.79 Å². The van der Waals surface area contributed by atoms with E-state index in [0.29, 0.717) is 13.0 Å². The highest BCUT2D eigenvalue weighted by atomic mass is 16.2. The summed E-state index contributed by atoms with van der Waals surface area (Å²) in [5, 5.41) is 5.59. The number of primary amides is 1. The number of hydrogen-bond acceptors (Lipinski definition) is 3. The molecule has 1 heterocycles. The fourth-order valence-corrected chi connectivity index (χ4v) is 3.34. The van der Waals surface area contributed by atoms with Gasteiger partial charge in [0, 0.05) is 38.6 Å². The number of unbranched alkanes of at least 4 members (excludes halogenated alkanes) is 1. The third-order valence-corrected chi connectivity index (χ3v) is 4.01. The van der Waals surface area contributed by atoms with Gasteiger partial charge >= 0.3 is 6.03 Å². The second-order valence-electron chi connectivity index (χ2n) is 6.88. The molecule has 6 nitrogen and oxygen atoms in total. The Labute approximate surface area is 134 Å². The van der Waals surface area contributed by atoms with Crippen molar-refractivity contribution in [1.29, 1.82) is 0 Å². The Balaban J connectivity index is 2.14. The lowest BCUT2D eigenvalue weighted by Crippen LogP contribution is -2.46. The Morgan fingerprint density at radius 1 is 1.23 bits per heavy atom. The molecule has 0 aromatic heterocycles. The second kappa shape index (κ2) is 9.66. The molecule has 128 valence electrons. The quantitative estimate of drug-likeness (QED) is 0.591. The molecule has 3 atom stereocenters. The van der Waals surface area contributed by atoms with Crippen LogP contribution in [0.25, 0.3) is 0 Å². The maximum absolute atomic E-state index is 11.9. The predicted octanol–water partition coefficient (Wildman–Crippen LogP) is 1.31. The minimum Gasteiger partial charge on any atom is -0.352 e. The van der Waals surface area contributed by atoms with Gasteiger partial charge in [0.25, 0.3) is 0 Å². The van der Waals surface area contributed by atoms with Crippen LogP contribution < -0.4 is 16.4 Å². The maximum atomic E-state index is 11.9. The molecule has 6 heteroatoms. The van der Waals surface area contributed by atoms with Crippen LogP contribution in [-0.4, -0.2) is 49.1 Å². The standard InChI is InChI=1S/C16H32N4O2/c1-12-8-13(2)10-20(9-12)11-14(3)19-15(21)6-4-5-7-18-16(17)22/h12-14H,4-11H2,1-3H3,(H,19,21)(H3,17,18,22). The topological polar surface area (TPSA) is 87.5 Å². The van der Waals surface area contributed by atoms with Crippen molar-refractivity contribution in [3.05, 3.63) is 0 Å². The molecule has 1 fully saturated rings. The third kappa shape index (κ3) is 8.22. The van der Waals surface area contributed by atoms with E-state index in [9.17, 15) is 9.59 Å². The zero-order valence-electron chi connectivity index (χ0n) is 14.2. The van der Waals surface area contributed by atoms with Crippen LogP contribution in [0.1, 0.15) is 46.5 Å². The lowest BCUT2D eigenvalue weighted by atomic mass is 9.92. The fourth-order valence-electron chi connectivity index (χ4n) is 3.34. The van der Waals surface area contributed by atoms with Crippen molar-refractivity contribution in [1.82, 2.24) is 15.5 Å². The number of nitrogens with zero attached hydrogens (tertiary/aromatic N) is 1. The van der Waals surface area contributed by atoms with Crippen molar-refractivity contribution in [2.24, 2.45) is 17.6 Å². The van der Waals surface area contributed by atoms with Crippen LogP contribution in [0.4, 0.5) is 4.79 Å². The number of hydrogen-bond donors (Lipinski definition) is 3. The summed E-state index contributed by atoms with van der Waals surface area (Å²) in [5.74, 6) is 1.57. The number of piperidine rings is 1. The first-order valence-corrected chi connectivity index (χ1v) is 8.41. The van der Waals surface area contributed by atoms with Gasteiger partial charge in [0.15, 0.2) is 0 Å². The summed E-state index contributed by atoms with van der Waals surface area (Å²) in [6, 6.07) is -0.336. The molecule has 1 saturated heterocycles. The smallest absolute Gasteiger partial charge is 0.312 e. The highest BCUT2D eigenvalue weighted by Crippen LogP contribution is 2.20. The van der Waals surface area contributed by atoms with E-state index in [1.807, 2.05) is 0 Å². The predicted molar refractivity (Wildman–Crippen MR) is 88.4 cm³/mol. The van der Waals surface area contributed by atoms with Gasteiger partial charge in [-0.2, -0.15) is 0 Å². The van der Waals surface area contributed by atoms with Crippen molar-refractivity contribution in [2.45, 2.75) is 52.5 Å². The van der Waals surface area contributed by atoms with Crippen molar-refractivity contribution in [3.8, 4) is 0 Å². The summed E-state index contributed by atoms with van der Waals surface area (Å²) < 4.78 is 0. The van der Waals surface area contributed by atoms with E-state index >= 15 is 0 Å². The molecule has 0 radical (unpaired) electrons. The van der Waals surface area contributed by atoms with Crippen LogP contribution in [0.5, 0.6) is 0 Å². The van der Waals surface area contributed by atoms with Gasteiger partial charge in [-0.15, -0.1) is 0 Å². The molecule has 1 aliphatic rings. The number of nitrogens with one attached hydrogen (secondary N) is 2. The molecule has 0 aliphatic carbocycles. The molecular formula is C16H32N4O2. The monoisotopic (exact) mass is 312 g/mol. The summed E-state index contributed by atoms with van der Waals surface area (Å²) in [7, 11) is 0. The molecule has 1 rings (SSSR count). The molecule has 0 saturated carbocycles. The fraction of sp³-hybridized carbons (Fsp3) is 0.875. The number of carbonyl (C=O) groups excluding carboxylic acids is 2. The average Bonchev–Trinajstić information content (AvgIpc) is 2.36. The number of nitrogens with two attached hydrogens (primary N) is 1. The van der Waals surface area contributed by atoms with Crippen molar-refractivity contribution < 1.29 is 9.59 Å². The zero-order chi connectivity index (χ0) is 16.5. The molecule has 0 spiro atoms. The summed E-state index contributed by atoms with van der Waals surface area (Å²) in [5.41, 5.74) is 4.97. The van der Waals surface area contributed by atoms with E-state index in [1.54, 1.807) is 0 Å². The van der Waals surface area contributed by atoms with Crippen LogP contribution in [0.15, 0.2) is 0 Å². The lowest BCUT2D eigenvalue weighted by molar-refractivity contribution is -0.121. The maximum Gasteiger partial charge on any atom is 0.312 e. The Morgan fingerprint density at radius 3 is 2.45 bits per heavy atom. The van der Waals surface area contributed by atoms with E-state index in [-0.39, 0.29) is 11.9 Å². The number of carbonyl (C=O) groups is 2. The van der Waals surface area contributed by atoms with E-state index in [1.165, 1.54) is 6.42 Å². The van der Waals surface area contributed by atoms with E-state index in [2.05, 4.69) is 36.3 Å². The summed E-state index contributed by atoms with van der Waals surface area (Å²) in [6.45, 7) is 10.4. The summed E-state index contributed by atoms with van der Waals surface area (Å²) in [6.07, 6.45) is 3.33. The van der Waals surface area contributed by atoms with Gasteiger partial charge in [0.1, 0.15) is 0 Å². The first-order chi connectivity index (χ1) is 10.4. The van der Waals surface area contributed by atoms with E-state index < -0.39 is 6.03 Å². The molecule has 1 aliphatic heterocycles. The van der Waals surface area contributed by atoms with Crippen molar-refractivity contribution in [2.75, 3.05) is 26.2 Å². The Bertz CT molecular complexity index is 352. The molecule has 0 aromatic carbocycles. The van der Waals surface area contributed by atoms with Gasteiger partial charge in [-0.05, 0) is 38.0 Å². The highest BCUT2D eigenvalue weighted by molar-refractivity contribution is 5.76. The number of amides is 3. The van der Waals surface area contributed by atoms with Crippen LogP contribution in [0, 0.1) is 11.8 Å². The summed E-state index contributed by atoms with van der Waals surface area (Å²) in [4.78, 5) is 24.8. The van der Waals surface area contributed by atoms with Gasteiger partial charge in [0.2, 0.25) is 5.91 Å². The molecule has 4 N–H and O–H groups in total. The molecule has 3 unspecified atom stereocenters. The van der Waals surface area contributed by atoms with Crippen molar-refractivity contribution in [3.63, 3.8) is 0 Å². The average molecular weight is 312 g/mol. The molecular weight excluding hydrogens is 280 g/mol. The van der Waals surface area contributed by atoms with E-state index in [4.69, 9.17) is 5.73 Å². The van der Waals surface area contributed by atoms with Crippen LogP contribution in [-0.2, 0) is 4.79 Å². The molecule has 0 bridgehead atoms. The third-order valence-electron chi connectivity index (χ3n) is 4.01. The summed E-state index contributed by atoms with van der Waals surface area (Å²) >= 11 is 0. The highest BCUT2D eigenvalue weighted by Gasteiger charge is 2.23. The number of rotatable bonds is 8. The normalized spacial score (nSPS) is 23.8. The van der Waals surface area contributed by atoms with Gasteiger partial charge < -0.3 is 21.3 Å². The van der Waals surface area contributed by atoms with Crippen molar-refractivity contribution >= 4 is 11.9 Å². The van der Waals surface area contributed by atoms with Crippen LogP contribution in [0.3, 0.4) is 0 Å². The van der Waals surface area contributed by atoms with Crippen LogP contribution >= 0.6 is 0 Å². The largest absolute Gasteiger partial charge is 0.352 e. The lowest BCUT2D eigenvalue weighted by Gasteiger charge is -2.36. The first kappa shape index (κ1) is 18.7. The van der Waals surface area contributed by atoms with Gasteiger partial charge in [-0.1, -0.05) is 13.8 Å². The Hall–Kier alpha value is -1.30. The molecule has 0 aromatic rings. The SMILES string of the molecule is CC1CC(C)CN(CC(C)NC(=O)CCCCNC(N)=O)C1. The van der Waals surface area contributed by atoms with Crippen LogP contribution in [0.2, 0.25) is 0 Å². The second-order valence-corrected chi connectivity index (χ2v) is 6.88. The molecule has 3 amide bonds. The Kier molecular flexibility index (Phi) is 8.24. The molecule has 22 heavy (non-hydrogen) atoms. The van der Waals surface area contributed by atoms with Gasteiger partial charge in [-0.25, -0.2) is 4.79 Å². The minimum absolute atomic E-state index is 0.0877. The van der Waals surface area contributed by atoms with Gasteiger partial charge in [0.05, 0.1) is 0 Å². The number of urea groups is 1. The first-order valence-electron chi connectivity index (χ1n) is 8.41. The minimum atomic E-state index is -0.511. The van der Waals surface area contributed by atoms with E-state index in [0.717, 1.165) is 44.3 Å².